The van der Waals surface area contributed by atoms with Crippen LogP contribution in [0.3, 0.4) is 0 Å². The topological polar surface area (TPSA) is 69.9 Å². The third-order valence-corrected chi connectivity index (χ3v) is 4.35. The number of thioether (sulfide) groups is 1. The second kappa shape index (κ2) is 7.06. The Morgan fingerprint density at radius 2 is 1.74 bits per heavy atom. The quantitative estimate of drug-likeness (QED) is 0.530. The molecule has 2 aromatic carbocycles. The van der Waals surface area contributed by atoms with Gasteiger partial charge in [0.25, 0.3) is 0 Å². The lowest BCUT2D eigenvalue weighted by molar-refractivity contribution is -0.140. The number of rotatable bonds is 5. The van der Waals surface area contributed by atoms with E-state index in [1.165, 1.54) is 18.9 Å². The van der Waals surface area contributed by atoms with E-state index in [-0.39, 0.29) is 5.97 Å². The number of carbonyl (C=O) groups is 1. The maximum absolute atomic E-state index is 12.2. The average molecular weight is 326 g/mol. The lowest BCUT2D eigenvalue weighted by Crippen LogP contribution is -2.12. The molecule has 6 nitrogen and oxygen atoms in total. The normalized spacial score (nSPS) is 11.9. The highest BCUT2D eigenvalue weighted by Crippen LogP contribution is 2.35. The van der Waals surface area contributed by atoms with Crippen molar-refractivity contribution in [3.63, 3.8) is 0 Å². The molecule has 0 aliphatic heterocycles. The van der Waals surface area contributed by atoms with Crippen LogP contribution >= 0.6 is 11.8 Å². The van der Waals surface area contributed by atoms with Crippen LogP contribution in [0.4, 0.5) is 0 Å². The molecule has 0 fully saturated rings. The Kier molecular flexibility index (Phi) is 4.68. The summed E-state index contributed by atoms with van der Waals surface area (Å²) in [5.41, 5.74) is 1.67. The third-order valence-electron chi connectivity index (χ3n) is 3.18. The van der Waals surface area contributed by atoms with Gasteiger partial charge in [-0.2, -0.15) is 4.68 Å². The Hall–Kier alpha value is -2.67. The molecule has 3 aromatic rings. The summed E-state index contributed by atoms with van der Waals surface area (Å²) in [6, 6.07) is 18.9. The molecule has 0 saturated carbocycles. The predicted octanol–water partition coefficient (Wildman–Crippen LogP) is 2.67. The molecular weight excluding hydrogens is 312 g/mol. The highest BCUT2D eigenvalue weighted by atomic mass is 32.2. The Morgan fingerprint density at radius 3 is 2.39 bits per heavy atom. The van der Waals surface area contributed by atoms with Crippen LogP contribution in [-0.4, -0.2) is 33.3 Å². The molecule has 0 amide bonds. The van der Waals surface area contributed by atoms with Crippen LogP contribution in [-0.2, 0) is 9.53 Å². The number of nitrogens with zero attached hydrogens (tertiary/aromatic N) is 4. The number of ether oxygens (including phenoxy) is 1. The number of benzene rings is 2. The number of hydrogen-bond donors (Lipinski definition) is 0. The summed E-state index contributed by atoms with van der Waals surface area (Å²) in [6.07, 6.45) is 0. The van der Waals surface area contributed by atoms with E-state index in [1.54, 1.807) is 4.68 Å². The number of tetrazole rings is 1. The summed E-state index contributed by atoms with van der Waals surface area (Å²) < 4.78 is 6.52. The Labute approximate surface area is 137 Å². The highest BCUT2D eigenvalue weighted by Gasteiger charge is 2.25. The summed E-state index contributed by atoms with van der Waals surface area (Å²) in [6.45, 7) is 0. The van der Waals surface area contributed by atoms with Crippen LogP contribution < -0.4 is 0 Å². The van der Waals surface area contributed by atoms with Crippen LogP contribution in [0.25, 0.3) is 5.69 Å². The van der Waals surface area contributed by atoms with E-state index in [4.69, 9.17) is 4.74 Å². The molecule has 1 atom stereocenters. The minimum atomic E-state index is -0.533. The largest absolute Gasteiger partial charge is 0.468 e. The number of aromatic nitrogens is 4. The van der Waals surface area contributed by atoms with Crippen molar-refractivity contribution >= 4 is 17.7 Å². The standard InChI is InChI=1S/C16H14N4O2S/c1-22-15(21)14(12-8-4-2-5-9-12)23-16-17-18-19-20(16)13-10-6-3-7-11-13/h2-11,14H,1H3. The van der Waals surface area contributed by atoms with Crippen molar-refractivity contribution in [2.24, 2.45) is 0 Å². The first-order valence-electron chi connectivity index (χ1n) is 6.93. The van der Waals surface area contributed by atoms with E-state index in [0.29, 0.717) is 5.16 Å². The van der Waals surface area contributed by atoms with E-state index in [9.17, 15) is 4.79 Å². The maximum atomic E-state index is 12.2. The minimum absolute atomic E-state index is 0.344. The van der Waals surface area contributed by atoms with Gasteiger partial charge in [-0.05, 0) is 28.1 Å². The number of carbonyl (C=O) groups excluding carboxylic acids is 1. The van der Waals surface area contributed by atoms with Gasteiger partial charge in [-0.25, -0.2) is 0 Å². The van der Waals surface area contributed by atoms with Crippen molar-refractivity contribution in [1.82, 2.24) is 20.2 Å². The van der Waals surface area contributed by atoms with Gasteiger partial charge in [-0.1, -0.05) is 60.3 Å². The van der Waals surface area contributed by atoms with Crippen molar-refractivity contribution in [3.8, 4) is 5.69 Å². The summed E-state index contributed by atoms with van der Waals surface area (Å²) in [7, 11) is 1.37. The van der Waals surface area contributed by atoms with Gasteiger partial charge in [0.2, 0.25) is 5.16 Å². The second-order valence-electron chi connectivity index (χ2n) is 4.64. The van der Waals surface area contributed by atoms with Crippen molar-refractivity contribution in [2.75, 3.05) is 7.11 Å². The molecule has 116 valence electrons. The van der Waals surface area contributed by atoms with Crippen molar-refractivity contribution in [3.05, 3.63) is 66.2 Å². The first-order valence-corrected chi connectivity index (χ1v) is 7.81. The summed E-state index contributed by atoms with van der Waals surface area (Å²) >= 11 is 1.25. The molecule has 1 heterocycles. The summed E-state index contributed by atoms with van der Waals surface area (Å²) in [4.78, 5) is 12.2. The third kappa shape index (κ3) is 3.40. The molecule has 3 rings (SSSR count). The van der Waals surface area contributed by atoms with E-state index >= 15 is 0 Å². The summed E-state index contributed by atoms with van der Waals surface area (Å²) in [5, 5.41) is 11.7. The molecule has 0 spiro atoms. The number of esters is 1. The van der Waals surface area contributed by atoms with Crippen LogP contribution in [0.1, 0.15) is 10.8 Å². The van der Waals surface area contributed by atoms with E-state index in [0.717, 1.165) is 11.3 Å². The number of methoxy groups -OCH3 is 1. The summed E-state index contributed by atoms with van der Waals surface area (Å²) in [5.74, 6) is -0.344. The Balaban J connectivity index is 1.93. The van der Waals surface area contributed by atoms with Gasteiger partial charge in [0.15, 0.2) is 0 Å². The monoisotopic (exact) mass is 326 g/mol. The van der Waals surface area contributed by atoms with E-state index in [1.807, 2.05) is 60.7 Å². The molecule has 23 heavy (non-hydrogen) atoms. The first kappa shape index (κ1) is 15.2. The van der Waals surface area contributed by atoms with Crippen molar-refractivity contribution in [2.45, 2.75) is 10.4 Å². The minimum Gasteiger partial charge on any atom is -0.468 e. The lowest BCUT2D eigenvalue weighted by Gasteiger charge is -2.14. The Bertz CT molecular complexity index is 777. The molecule has 7 heteroatoms. The Morgan fingerprint density at radius 1 is 1.09 bits per heavy atom. The lowest BCUT2D eigenvalue weighted by atomic mass is 10.1. The second-order valence-corrected chi connectivity index (χ2v) is 5.71. The van der Waals surface area contributed by atoms with Crippen LogP contribution in [0, 0.1) is 0 Å². The fourth-order valence-corrected chi connectivity index (χ4v) is 3.10. The highest BCUT2D eigenvalue weighted by molar-refractivity contribution is 8.00. The molecule has 0 N–H and O–H groups in total. The van der Waals surface area contributed by atoms with Crippen molar-refractivity contribution < 1.29 is 9.53 Å². The van der Waals surface area contributed by atoms with Crippen LogP contribution in [0.5, 0.6) is 0 Å². The molecule has 1 aromatic heterocycles. The van der Waals surface area contributed by atoms with Gasteiger partial charge in [0, 0.05) is 0 Å². The molecular formula is C16H14N4O2S. The van der Waals surface area contributed by atoms with E-state index < -0.39 is 5.25 Å². The van der Waals surface area contributed by atoms with Gasteiger partial charge < -0.3 is 4.74 Å². The van der Waals surface area contributed by atoms with Crippen LogP contribution in [0.2, 0.25) is 0 Å². The predicted molar refractivity (Wildman–Crippen MR) is 86.2 cm³/mol. The molecule has 0 saturated heterocycles. The number of hydrogen-bond acceptors (Lipinski definition) is 6. The zero-order valence-electron chi connectivity index (χ0n) is 12.4. The van der Waals surface area contributed by atoms with E-state index in [2.05, 4.69) is 15.5 Å². The molecule has 0 aliphatic carbocycles. The van der Waals surface area contributed by atoms with Gasteiger partial charge >= 0.3 is 5.97 Å². The molecule has 0 bridgehead atoms. The van der Waals surface area contributed by atoms with Gasteiger partial charge in [0.05, 0.1) is 12.8 Å². The van der Waals surface area contributed by atoms with Gasteiger partial charge in [-0.3, -0.25) is 4.79 Å². The smallest absolute Gasteiger partial charge is 0.323 e. The van der Waals surface area contributed by atoms with Crippen molar-refractivity contribution in [1.29, 1.82) is 0 Å². The van der Waals surface area contributed by atoms with Gasteiger partial charge in [0.1, 0.15) is 5.25 Å². The first-order chi connectivity index (χ1) is 11.3. The van der Waals surface area contributed by atoms with Crippen LogP contribution in [0.15, 0.2) is 65.8 Å². The van der Waals surface area contributed by atoms with Gasteiger partial charge in [-0.15, -0.1) is 5.10 Å². The molecule has 1 unspecified atom stereocenters. The fourth-order valence-electron chi connectivity index (χ4n) is 2.08. The zero-order valence-corrected chi connectivity index (χ0v) is 13.2. The average Bonchev–Trinajstić information content (AvgIpc) is 3.09. The zero-order chi connectivity index (χ0) is 16.1. The maximum Gasteiger partial charge on any atom is 0.323 e. The number of para-hydroxylation sites is 1. The fraction of sp³-hybridized carbons (Fsp3) is 0.125. The SMILES string of the molecule is COC(=O)C(Sc1nnnn1-c1ccccc1)c1ccccc1. The molecule has 0 aliphatic rings. The molecule has 0 radical (unpaired) electrons.